The molecule has 3 aromatic rings. The fourth-order valence-electron chi connectivity index (χ4n) is 2.92. The highest BCUT2D eigenvalue weighted by Gasteiger charge is 2.10. The largest absolute Gasteiger partial charge is 0.491 e. The van der Waals surface area contributed by atoms with Crippen LogP contribution in [-0.2, 0) is 6.42 Å². The molecule has 5 heteroatoms. The van der Waals surface area contributed by atoms with Gasteiger partial charge in [-0.25, -0.2) is 0 Å². The molecule has 0 aliphatic heterocycles. The van der Waals surface area contributed by atoms with Crippen LogP contribution in [0.25, 0.3) is 0 Å². The highest BCUT2D eigenvalue weighted by molar-refractivity contribution is 6.35. The third-order valence-corrected chi connectivity index (χ3v) is 4.93. The van der Waals surface area contributed by atoms with Crippen LogP contribution < -0.4 is 14.8 Å². The SMILES string of the molecule is CC(CNc1ccccc1OCCCc1ccccc1)Oc1ccc(Cl)cc1Cl. The lowest BCUT2D eigenvalue weighted by atomic mass is 10.1. The van der Waals surface area contributed by atoms with Gasteiger partial charge in [0.15, 0.2) is 0 Å². The van der Waals surface area contributed by atoms with Gasteiger partial charge in [0.05, 0.1) is 23.9 Å². The summed E-state index contributed by atoms with van der Waals surface area (Å²) in [6.45, 7) is 3.27. The molecular weight excluding hydrogens is 405 g/mol. The van der Waals surface area contributed by atoms with Crippen molar-refractivity contribution < 1.29 is 9.47 Å². The van der Waals surface area contributed by atoms with Gasteiger partial charge in [-0.3, -0.25) is 0 Å². The second-order valence-electron chi connectivity index (χ2n) is 6.82. The molecule has 1 unspecified atom stereocenters. The molecule has 3 nitrogen and oxygen atoms in total. The third-order valence-electron chi connectivity index (χ3n) is 4.40. The van der Waals surface area contributed by atoms with E-state index in [2.05, 4.69) is 29.6 Å². The maximum absolute atomic E-state index is 6.18. The lowest BCUT2D eigenvalue weighted by molar-refractivity contribution is 0.234. The van der Waals surface area contributed by atoms with E-state index in [0.29, 0.717) is 28.9 Å². The number of ether oxygens (including phenoxy) is 2. The Morgan fingerprint density at radius 1 is 0.897 bits per heavy atom. The van der Waals surface area contributed by atoms with Gasteiger partial charge in [-0.2, -0.15) is 0 Å². The maximum atomic E-state index is 6.18. The van der Waals surface area contributed by atoms with Crippen LogP contribution in [0, 0.1) is 0 Å². The zero-order valence-corrected chi connectivity index (χ0v) is 17.9. The summed E-state index contributed by atoms with van der Waals surface area (Å²) in [5, 5.41) is 4.50. The summed E-state index contributed by atoms with van der Waals surface area (Å²) in [6.07, 6.45) is 1.88. The van der Waals surface area contributed by atoms with Gasteiger partial charge in [0.2, 0.25) is 0 Å². The summed E-state index contributed by atoms with van der Waals surface area (Å²) < 4.78 is 11.9. The summed E-state index contributed by atoms with van der Waals surface area (Å²) in [7, 11) is 0. The predicted molar refractivity (Wildman–Crippen MR) is 122 cm³/mol. The van der Waals surface area contributed by atoms with Crippen molar-refractivity contribution in [2.45, 2.75) is 25.9 Å². The highest BCUT2D eigenvalue weighted by atomic mass is 35.5. The van der Waals surface area contributed by atoms with Crippen LogP contribution >= 0.6 is 23.2 Å². The molecule has 3 aromatic carbocycles. The summed E-state index contributed by atoms with van der Waals surface area (Å²) in [4.78, 5) is 0. The number of hydrogen-bond acceptors (Lipinski definition) is 3. The number of anilines is 1. The van der Waals surface area contributed by atoms with Crippen LogP contribution in [0.15, 0.2) is 72.8 Å². The first-order valence-electron chi connectivity index (χ1n) is 9.73. The molecule has 0 heterocycles. The van der Waals surface area contributed by atoms with E-state index in [9.17, 15) is 0 Å². The van der Waals surface area contributed by atoms with E-state index in [1.807, 2.05) is 37.3 Å². The van der Waals surface area contributed by atoms with Crippen LogP contribution in [0.5, 0.6) is 11.5 Å². The van der Waals surface area contributed by atoms with Crippen molar-refractivity contribution in [2.75, 3.05) is 18.5 Å². The molecule has 152 valence electrons. The highest BCUT2D eigenvalue weighted by Crippen LogP contribution is 2.29. The van der Waals surface area contributed by atoms with E-state index in [1.165, 1.54) is 5.56 Å². The summed E-state index contributed by atoms with van der Waals surface area (Å²) in [5.41, 5.74) is 2.28. The summed E-state index contributed by atoms with van der Waals surface area (Å²) in [5.74, 6) is 1.47. The van der Waals surface area contributed by atoms with E-state index in [-0.39, 0.29) is 6.10 Å². The number of benzene rings is 3. The molecule has 0 bridgehead atoms. The minimum absolute atomic E-state index is 0.0835. The predicted octanol–water partition coefficient (Wildman–Crippen LogP) is 6.88. The van der Waals surface area contributed by atoms with Gasteiger partial charge in [0.1, 0.15) is 17.6 Å². The molecular formula is C24H25Cl2NO2. The first-order valence-corrected chi connectivity index (χ1v) is 10.5. The molecule has 1 atom stereocenters. The minimum Gasteiger partial charge on any atom is -0.491 e. The van der Waals surface area contributed by atoms with E-state index in [0.717, 1.165) is 24.3 Å². The topological polar surface area (TPSA) is 30.5 Å². The molecule has 0 amide bonds. The Labute approximate surface area is 182 Å². The molecule has 0 radical (unpaired) electrons. The first kappa shape index (κ1) is 21.4. The molecule has 0 spiro atoms. The Balaban J connectivity index is 1.48. The van der Waals surface area contributed by atoms with Gasteiger partial charge in [0.25, 0.3) is 0 Å². The monoisotopic (exact) mass is 429 g/mol. The lowest BCUT2D eigenvalue weighted by Gasteiger charge is -2.18. The summed E-state index contributed by atoms with van der Waals surface area (Å²) >= 11 is 12.1. The smallest absolute Gasteiger partial charge is 0.142 e. The van der Waals surface area contributed by atoms with Crippen LogP contribution in [0.1, 0.15) is 18.9 Å². The Bertz CT molecular complexity index is 902. The zero-order chi connectivity index (χ0) is 20.5. The second kappa shape index (κ2) is 11.0. The van der Waals surface area contributed by atoms with Gasteiger partial charge in [0, 0.05) is 5.02 Å². The molecule has 0 fully saturated rings. The van der Waals surface area contributed by atoms with Crippen molar-refractivity contribution in [3.63, 3.8) is 0 Å². The van der Waals surface area contributed by atoms with Gasteiger partial charge < -0.3 is 14.8 Å². The number of para-hydroxylation sites is 2. The van der Waals surface area contributed by atoms with Crippen molar-refractivity contribution >= 4 is 28.9 Å². The Morgan fingerprint density at radius 2 is 1.66 bits per heavy atom. The van der Waals surface area contributed by atoms with Crippen LogP contribution in [-0.4, -0.2) is 19.3 Å². The maximum Gasteiger partial charge on any atom is 0.142 e. The summed E-state index contributed by atoms with van der Waals surface area (Å²) in [6, 6.07) is 23.6. The first-order chi connectivity index (χ1) is 14.1. The van der Waals surface area contributed by atoms with E-state index >= 15 is 0 Å². The molecule has 0 saturated heterocycles. The average molecular weight is 430 g/mol. The van der Waals surface area contributed by atoms with Crippen LogP contribution in [0.2, 0.25) is 10.0 Å². The fourth-order valence-corrected chi connectivity index (χ4v) is 3.38. The van der Waals surface area contributed by atoms with Gasteiger partial charge >= 0.3 is 0 Å². The number of rotatable bonds is 10. The van der Waals surface area contributed by atoms with E-state index < -0.39 is 0 Å². The van der Waals surface area contributed by atoms with Gasteiger partial charge in [-0.15, -0.1) is 0 Å². The van der Waals surface area contributed by atoms with E-state index in [1.54, 1.807) is 18.2 Å². The quantitative estimate of drug-likeness (QED) is 0.356. The molecule has 0 aliphatic rings. The lowest BCUT2D eigenvalue weighted by Crippen LogP contribution is -2.23. The number of halogens is 2. The van der Waals surface area contributed by atoms with Crippen molar-refractivity contribution in [2.24, 2.45) is 0 Å². The average Bonchev–Trinajstić information content (AvgIpc) is 2.73. The van der Waals surface area contributed by atoms with Crippen LogP contribution in [0.3, 0.4) is 0 Å². The number of nitrogens with one attached hydrogen (secondary N) is 1. The third kappa shape index (κ3) is 6.88. The molecule has 29 heavy (non-hydrogen) atoms. The van der Waals surface area contributed by atoms with Crippen molar-refractivity contribution in [3.05, 3.63) is 88.4 Å². The Hall–Kier alpha value is -2.36. The zero-order valence-electron chi connectivity index (χ0n) is 16.4. The van der Waals surface area contributed by atoms with Gasteiger partial charge in [-0.05, 0) is 55.7 Å². The standard InChI is InChI=1S/C24H25Cl2NO2/c1-18(29-23-14-13-20(25)16-21(23)26)17-27-22-11-5-6-12-24(22)28-15-7-10-19-8-3-2-4-9-19/h2-6,8-9,11-14,16,18,27H,7,10,15,17H2,1H3. The minimum atomic E-state index is -0.0835. The van der Waals surface area contributed by atoms with Crippen molar-refractivity contribution in [3.8, 4) is 11.5 Å². The Kier molecular flexibility index (Phi) is 8.09. The number of hydrogen-bond donors (Lipinski definition) is 1. The molecule has 0 saturated carbocycles. The van der Waals surface area contributed by atoms with Crippen LogP contribution in [0.4, 0.5) is 5.69 Å². The van der Waals surface area contributed by atoms with Gasteiger partial charge in [-0.1, -0.05) is 65.7 Å². The van der Waals surface area contributed by atoms with Crippen molar-refractivity contribution in [1.29, 1.82) is 0 Å². The molecule has 1 N–H and O–H groups in total. The molecule has 3 rings (SSSR count). The van der Waals surface area contributed by atoms with Crippen molar-refractivity contribution in [1.82, 2.24) is 0 Å². The van der Waals surface area contributed by atoms with E-state index in [4.69, 9.17) is 32.7 Å². The molecule has 0 aromatic heterocycles. The number of aryl methyl sites for hydroxylation is 1. The Morgan fingerprint density at radius 3 is 2.45 bits per heavy atom. The fraction of sp³-hybridized carbons (Fsp3) is 0.250. The molecule has 0 aliphatic carbocycles. The normalized spacial score (nSPS) is 11.7. The second-order valence-corrected chi connectivity index (χ2v) is 7.66.